The summed E-state index contributed by atoms with van der Waals surface area (Å²) in [4.78, 5) is 62.6. The Labute approximate surface area is 207 Å². The van der Waals surface area contributed by atoms with Gasteiger partial charge in [0.1, 0.15) is 12.6 Å². The lowest BCUT2D eigenvalue weighted by Crippen LogP contribution is -2.54. The normalized spacial score (nSPS) is 17.4. The Kier molecular flexibility index (Phi) is 10.5. The van der Waals surface area contributed by atoms with E-state index in [1.807, 2.05) is 0 Å². The Morgan fingerprint density at radius 1 is 0.944 bits per heavy atom. The van der Waals surface area contributed by atoms with Gasteiger partial charge in [-0.25, -0.2) is 0 Å². The molecule has 1 atom stereocenters. The second kappa shape index (κ2) is 13.8. The lowest BCUT2D eigenvalue weighted by molar-refractivity contribution is -0.136. The van der Waals surface area contributed by atoms with Crippen molar-refractivity contribution in [3.8, 4) is 0 Å². The number of nitrogens with one attached hydrogen (secondary N) is 2. The minimum atomic E-state index is -1.09. The summed E-state index contributed by atoms with van der Waals surface area (Å²) in [5.41, 5.74) is 0.190. The summed E-state index contributed by atoms with van der Waals surface area (Å²) >= 11 is 0. The SMILES string of the molecule is O=C1CCC(N2C(=O)c3cccc(NC(=O)COCCOCCOCCOCCO)c3C2=O)C(=O)N1. The van der Waals surface area contributed by atoms with Crippen LogP contribution in [-0.4, -0.2) is 105 Å². The molecule has 0 spiro atoms. The van der Waals surface area contributed by atoms with Crippen molar-refractivity contribution >= 4 is 35.2 Å². The van der Waals surface area contributed by atoms with Crippen LogP contribution >= 0.6 is 0 Å². The van der Waals surface area contributed by atoms with Crippen molar-refractivity contribution in [3.63, 3.8) is 0 Å². The van der Waals surface area contributed by atoms with Gasteiger partial charge in [0.05, 0.1) is 69.7 Å². The van der Waals surface area contributed by atoms with Crippen LogP contribution in [0.1, 0.15) is 33.6 Å². The molecule has 0 aromatic heterocycles. The topological polar surface area (TPSA) is 170 Å². The molecule has 2 aliphatic rings. The van der Waals surface area contributed by atoms with Gasteiger partial charge in [-0.2, -0.15) is 0 Å². The number of hydrogen-bond acceptors (Lipinski definition) is 10. The van der Waals surface area contributed by atoms with Crippen LogP contribution in [0.25, 0.3) is 0 Å². The molecule has 0 bridgehead atoms. The van der Waals surface area contributed by atoms with Crippen LogP contribution in [-0.2, 0) is 33.3 Å². The van der Waals surface area contributed by atoms with E-state index in [0.29, 0.717) is 26.4 Å². The number of fused-ring (bicyclic) bond motifs is 1. The number of hydrogen-bond donors (Lipinski definition) is 3. The molecule has 3 N–H and O–H groups in total. The molecule has 1 unspecified atom stereocenters. The molecule has 0 saturated carbocycles. The van der Waals surface area contributed by atoms with E-state index in [2.05, 4.69) is 10.6 Å². The van der Waals surface area contributed by atoms with Gasteiger partial charge in [-0.15, -0.1) is 0 Å². The van der Waals surface area contributed by atoms with Gasteiger partial charge in [0.15, 0.2) is 0 Å². The molecule has 2 heterocycles. The number of amides is 5. The minimum Gasteiger partial charge on any atom is -0.394 e. The zero-order valence-electron chi connectivity index (χ0n) is 19.7. The monoisotopic (exact) mass is 507 g/mol. The summed E-state index contributed by atoms with van der Waals surface area (Å²) < 4.78 is 20.9. The van der Waals surface area contributed by atoms with Crippen LogP contribution < -0.4 is 10.6 Å². The Morgan fingerprint density at radius 3 is 2.22 bits per heavy atom. The Bertz CT molecular complexity index is 983. The van der Waals surface area contributed by atoms with E-state index >= 15 is 0 Å². The van der Waals surface area contributed by atoms with Crippen molar-refractivity contribution in [1.29, 1.82) is 0 Å². The molecule has 13 nitrogen and oxygen atoms in total. The minimum absolute atomic E-state index is 0.00866. The van der Waals surface area contributed by atoms with Crippen molar-refractivity contribution in [1.82, 2.24) is 10.2 Å². The second-order valence-electron chi connectivity index (χ2n) is 7.84. The number of ether oxygens (including phenoxy) is 4. The average molecular weight is 507 g/mol. The van der Waals surface area contributed by atoms with E-state index in [1.54, 1.807) is 0 Å². The molecule has 1 saturated heterocycles. The molecule has 1 aromatic rings. The first-order valence-electron chi connectivity index (χ1n) is 11.5. The highest BCUT2D eigenvalue weighted by Gasteiger charge is 2.45. The highest BCUT2D eigenvalue weighted by Crippen LogP contribution is 2.32. The second-order valence-corrected chi connectivity index (χ2v) is 7.84. The summed E-state index contributed by atoms with van der Waals surface area (Å²) in [6, 6.07) is 3.35. The van der Waals surface area contributed by atoms with Crippen LogP contribution in [0.15, 0.2) is 18.2 Å². The zero-order valence-corrected chi connectivity index (χ0v) is 19.7. The molecule has 3 rings (SSSR count). The van der Waals surface area contributed by atoms with E-state index in [-0.39, 0.29) is 62.7 Å². The van der Waals surface area contributed by atoms with Crippen LogP contribution in [0.5, 0.6) is 0 Å². The average Bonchev–Trinajstić information content (AvgIpc) is 3.10. The van der Waals surface area contributed by atoms with Crippen molar-refractivity contribution in [3.05, 3.63) is 29.3 Å². The first-order valence-corrected chi connectivity index (χ1v) is 11.5. The Balaban J connectivity index is 1.41. The van der Waals surface area contributed by atoms with Crippen molar-refractivity contribution < 1.29 is 48.0 Å². The van der Waals surface area contributed by atoms with Gasteiger partial charge < -0.3 is 29.4 Å². The number of anilines is 1. The van der Waals surface area contributed by atoms with E-state index < -0.39 is 35.6 Å². The number of aliphatic hydroxyl groups is 1. The Morgan fingerprint density at radius 2 is 1.58 bits per heavy atom. The fourth-order valence-electron chi connectivity index (χ4n) is 3.69. The van der Waals surface area contributed by atoms with Crippen LogP contribution in [0, 0.1) is 0 Å². The first-order chi connectivity index (χ1) is 17.4. The standard InChI is InChI=1S/C23H29N3O10/c27-6-7-33-8-9-34-10-11-35-12-13-36-14-19(29)24-16-3-1-2-15-20(16)23(32)26(22(15)31)17-4-5-18(28)25-21(17)30/h1-3,17,27H,4-14H2,(H,24,29)(H,25,28,30). The molecule has 5 amide bonds. The van der Waals surface area contributed by atoms with E-state index in [0.717, 1.165) is 4.90 Å². The first kappa shape index (κ1) is 27.4. The molecule has 0 radical (unpaired) electrons. The number of benzene rings is 1. The van der Waals surface area contributed by atoms with Crippen molar-refractivity contribution in [2.75, 3.05) is 64.8 Å². The van der Waals surface area contributed by atoms with E-state index in [1.165, 1.54) is 18.2 Å². The molecule has 0 aliphatic carbocycles. The number of nitrogens with zero attached hydrogens (tertiary/aromatic N) is 1. The van der Waals surface area contributed by atoms with Gasteiger partial charge >= 0.3 is 0 Å². The predicted octanol–water partition coefficient (Wildman–Crippen LogP) is -0.915. The lowest BCUT2D eigenvalue weighted by atomic mass is 10.0. The molecule has 13 heteroatoms. The highest BCUT2D eigenvalue weighted by atomic mass is 16.6. The zero-order chi connectivity index (χ0) is 25.9. The molecule has 2 aliphatic heterocycles. The summed E-state index contributed by atoms with van der Waals surface area (Å²) in [6.45, 7) is 1.82. The molecule has 36 heavy (non-hydrogen) atoms. The number of rotatable bonds is 15. The third-order valence-electron chi connectivity index (χ3n) is 5.33. The maximum Gasteiger partial charge on any atom is 0.264 e. The number of aliphatic hydroxyl groups excluding tert-OH is 1. The number of carbonyl (C=O) groups excluding carboxylic acids is 5. The maximum atomic E-state index is 13.0. The van der Waals surface area contributed by atoms with Gasteiger partial charge in [-0.1, -0.05) is 6.07 Å². The largest absolute Gasteiger partial charge is 0.394 e. The Hall–Kier alpha value is -3.23. The van der Waals surface area contributed by atoms with Crippen LogP contribution in [0.2, 0.25) is 0 Å². The quantitative estimate of drug-likeness (QED) is 0.199. The van der Waals surface area contributed by atoms with Gasteiger partial charge in [-0.05, 0) is 18.6 Å². The van der Waals surface area contributed by atoms with E-state index in [4.69, 9.17) is 24.1 Å². The van der Waals surface area contributed by atoms with Gasteiger partial charge in [0.2, 0.25) is 17.7 Å². The summed E-state index contributed by atoms with van der Waals surface area (Å²) in [5.74, 6) is -3.07. The number of piperidine rings is 1. The summed E-state index contributed by atoms with van der Waals surface area (Å²) in [7, 11) is 0. The van der Waals surface area contributed by atoms with Gasteiger partial charge in [-0.3, -0.25) is 34.2 Å². The predicted molar refractivity (Wildman–Crippen MR) is 122 cm³/mol. The number of imide groups is 2. The third kappa shape index (κ3) is 7.15. The van der Waals surface area contributed by atoms with Crippen LogP contribution in [0.3, 0.4) is 0 Å². The van der Waals surface area contributed by atoms with Gasteiger partial charge in [0.25, 0.3) is 11.8 Å². The number of carbonyl (C=O) groups is 5. The smallest absolute Gasteiger partial charge is 0.264 e. The molecule has 1 aromatic carbocycles. The summed E-state index contributed by atoms with van der Waals surface area (Å²) in [5, 5.41) is 13.3. The molecule has 196 valence electrons. The fraction of sp³-hybridized carbons (Fsp3) is 0.522. The highest BCUT2D eigenvalue weighted by molar-refractivity contribution is 6.26. The van der Waals surface area contributed by atoms with Crippen molar-refractivity contribution in [2.45, 2.75) is 18.9 Å². The molecular weight excluding hydrogens is 478 g/mol. The van der Waals surface area contributed by atoms with Crippen molar-refractivity contribution in [2.24, 2.45) is 0 Å². The molecular formula is C23H29N3O10. The fourth-order valence-corrected chi connectivity index (χ4v) is 3.69. The van der Waals surface area contributed by atoms with E-state index in [9.17, 15) is 24.0 Å². The lowest BCUT2D eigenvalue weighted by Gasteiger charge is -2.27. The maximum absolute atomic E-state index is 13.0. The van der Waals surface area contributed by atoms with Crippen LogP contribution in [0.4, 0.5) is 5.69 Å². The summed E-state index contributed by atoms with van der Waals surface area (Å²) in [6.07, 6.45) is 0.0563. The third-order valence-corrected chi connectivity index (χ3v) is 5.33. The van der Waals surface area contributed by atoms with Gasteiger partial charge in [0, 0.05) is 6.42 Å². The molecule has 1 fully saturated rings.